The number of carbonyl (C=O) groups excluding carboxylic acids is 1. The van der Waals surface area contributed by atoms with E-state index in [9.17, 15) is 4.79 Å². The van der Waals surface area contributed by atoms with E-state index in [1.807, 2.05) is 17.2 Å². The van der Waals surface area contributed by atoms with Crippen LogP contribution in [0.5, 0.6) is 0 Å². The molecule has 2 aliphatic rings. The predicted octanol–water partition coefficient (Wildman–Crippen LogP) is 2.16. The molecule has 1 aromatic heterocycles. The number of amides is 2. The predicted molar refractivity (Wildman–Crippen MR) is 77.7 cm³/mol. The highest BCUT2D eigenvalue weighted by Crippen LogP contribution is 2.29. The van der Waals surface area contributed by atoms with E-state index < -0.39 is 0 Å². The molecule has 110 valence electrons. The fraction of sp³-hybridized carbons (Fsp3) is 0.714. The standard InChI is InChI=1S/C14H21N3O2S/c1-10-16-12(9-20-10)6-15-14(18)17(13-2-3-13)7-11-4-5-19-8-11/h9,11,13H,2-8H2,1H3,(H,15,18). The van der Waals surface area contributed by atoms with Crippen LogP contribution in [0.4, 0.5) is 4.79 Å². The highest BCUT2D eigenvalue weighted by Gasteiger charge is 2.34. The third kappa shape index (κ3) is 3.49. The maximum Gasteiger partial charge on any atom is 0.317 e. The smallest absolute Gasteiger partial charge is 0.317 e. The molecule has 0 aromatic carbocycles. The van der Waals surface area contributed by atoms with Crippen LogP contribution in [0.3, 0.4) is 0 Å². The first-order chi connectivity index (χ1) is 9.72. The molecule has 0 bridgehead atoms. The second kappa shape index (κ2) is 6.10. The Hall–Kier alpha value is -1.14. The molecule has 20 heavy (non-hydrogen) atoms. The number of urea groups is 1. The summed E-state index contributed by atoms with van der Waals surface area (Å²) in [7, 11) is 0. The summed E-state index contributed by atoms with van der Waals surface area (Å²) < 4.78 is 5.40. The van der Waals surface area contributed by atoms with Crippen molar-refractivity contribution in [3.05, 3.63) is 16.1 Å². The van der Waals surface area contributed by atoms with Gasteiger partial charge in [-0.15, -0.1) is 11.3 Å². The fourth-order valence-electron chi connectivity index (χ4n) is 2.55. The Morgan fingerprint density at radius 3 is 3.00 bits per heavy atom. The number of aryl methyl sites for hydroxylation is 1. The van der Waals surface area contributed by atoms with E-state index >= 15 is 0 Å². The largest absolute Gasteiger partial charge is 0.381 e. The molecule has 6 heteroatoms. The second-order valence-corrected chi connectivity index (χ2v) is 6.69. The highest BCUT2D eigenvalue weighted by molar-refractivity contribution is 7.09. The number of ether oxygens (including phenoxy) is 1. The van der Waals surface area contributed by atoms with Crippen molar-refractivity contribution in [2.45, 2.75) is 38.8 Å². The summed E-state index contributed by atoms with van der Waals surface area (Å²) in [5, 5.41) is 6.04. The zero-order chi connectivity index (χ0) is 13.9. The SMILES string of the molecule is Cc1nc(CNC(=O)N(CC2CCOC2)C2CC2)cs1. The van der Waals surface area contributed by atoms with E-state index in [4.69, 9.17) is 4.74 Å². The van der Waals surface area contributed by atoms with Gasteiger partial charge in [0.1, 0.15) is 0 Å². The van der Waals surface area contributed by atoms with Gasteiger partial charge in [-0.3, -0.25) is 0 Å². The Bertz CT molecular complexity index is 467. The molecule has 2 amide bonds. The minimum absolute atomic E-state index is 0.0463. The van der Waals surface area contributed by atoms with Crippen LogP contribution in [0.15, 0.2) is 5.38 Å². The normalized spacial score (nSPS) is 21.9. The summed E-state index contributed by atoms with van der Waals surface area (Å²) in [5.74, 6) is 0.503. The van der Waals surface area contributed by atoms with Gasteiger partial charge in [0.05, 0.1) is 23.9 Å². The summed E-state index contributed by atoms with van der Waals surface area (Å²) in [5.41, 5.74) is 0.945. The highest BCUT2D eigenvalue weighted by atomic mass is 32.1. The molecule has 5 nitrogen and oxygen atoms in total. The molecule has 3 rings (SSSR count). The van der Waals surface area contributed by atoms with E-state index in [1.54, 1.807) is 11.3 Å². The van der Waals surface area contributed by atoms with Crippen molar-refractivity contribution in [3.8, 4) is 0 Å². The molecule has 0 spiro atoms. The average Bonchev–Trinajstić information content (AvgIpc) is 2.97. The minimum Gasteiger partial charge on any atom is -0.381 e. The van der Waals surface area contributed by atoms with E-state index in [0.29, 0.717) is 18.5 Å². The molecule has 2 heterocycles. The zero-order valence-electron chi connectivity index (χ0n) is 11.8. The average molecular weight is 295 g/mol. The lowest BCUT2D eigenvalue weighted by molar-refractivity contribution is 0.162. The second-order valence-electron chi connectivity index (χ2n) is 5.63. The number of rotatable bonds is 5. The number of hydrogen-bond donors (Lipinski definition) is 1. The molecule has 1 aliphatic heterocycles. The molecule has 1 saturated carbocycles. The Morgan fingerprint density at radius 2 is 2.40 bits per heavy atom. The van der Waals surface area contributed by atoms with Crippen LogP contribution in [-0.4, -0.2) is 41.7 Å². The van der Waals surface area contributed by atoms with E-state index in [-0.39, 0.29) is 6.03 Å². The van der Waals surface area contributed by atoms with Gasteiger partial charge in [-0.2, -0.15) is 0 Å². The summed E-state index contributed by atoms with van der Waals surface area (Å²) in [6.45, 7) is 4.96. The lowest BCUT2D eigenvalue weighted by atomic mass is 10.1. The van der Waals surface area contributed by atoms with Crippen molar-refractivity contribution in [1.29, 1.82) is 0 Å². The lowest BCUT2D eigenvalue weighted by Crippen LogP contribution is -2.43. The molecule has 2 fully saturated rings. The number of nitrogens with one attached hydrogen (secondary N) is 1. The third-order valence-electron chi connectivity index (χ3n) is 3.81. The van der Waals surface area contributed by atoms with Crippen molar-refractivity contribution < 1.29 is 9.53 Å². The number of carbonyl (C=O) groups is 1. The van der Waals surface area contributed by atoms with Gasteiger partial charge in [-0.05, 0) is 26.2 Å². The van der Waals surface area contributed by atoms with E-state index in [1.165, 1.54) is 0 Å². The summed E-state index contributed by atoms with van der Waals surface area (Å²) >= 11 is 1.62. The van der Waals surface area contributed by atoms with E-state index in [2.05, 4.69) is 10.3 Å². The van der Waals surface area contributed by atoms with Crippen LogP contribution in [0.2, 0.25) is 0 Å². The van der Waals surface area contributed by atoms with Crippen LogP contribution in [-0.2, 0) is 11.3 Å². The Labute approximate surface area is 123 Å². The van der Waals surface area contributed by atoms with Gasteiger partial charge in [-0.1, -0.05) is 0 Å². The van der Waals surface area contributed by atoms with Gasteiger partial charge in [0.2, 0.25) is 0 Å². The number of thiazole rings is 1. The third-order valence-corrected chi connectivity index (χ3v) is 4.64. The first kappa shape index (κ1) is 13.8. The molecular formula is C14H21N3O2S. The van der Waals surface area contributed by atoms with Crippen molar-refractivity contribution in [1.82, 2.24) is 15.2 Å². The Kier molecular flexibility index (Phi) is 4.21. The summed E-state index contributed by atoms with van der Waals surface area (Å²) in [4.78, 5) is 18.7. The molecule has 1 unspecified atom stereocenters. The van der Waals surface area contributed by atoms with Gasteiger partial charge >= 0.3 is 6.03 Å². The molecular weight excluding hydrogens is 274 g/mol. The van der Waals surface area contributed by atoms with Crippen LogP contribution in [0, 0.1) is 12.8 Å². The number of aromatic nitrogens is 1. The Balaban J connectivity index is 1.52. The van der Waals surface area contributed by atoms with Crippen molar-refractivity contribution >= 4 is 17.4 Å². The van der Waals surface area contributed by atoms with Gasteiger partial charge in [0, 0.05) is 30.5 Å². The summed E-state index contributed by atoms with van der Waals surface area (Å²) in [6.07, 6.45) is 3.34. The topological polar surface area (TPSA) is 54.5 Å². The maximum atomic E-state index is 12.3. The molecule has 1 saturated heterocycles. The van der Waals surface area contributed by atoms with Crippen molar-refractivity contribution in [2.75, 3.05) is 19.8 Å². The lowest BCUT2D eigenvalue weighted by Gasteiger charge is -2.25. The van der Waals surface area contributed by atoms with Gasteiger partial charge in [0.15, 0.2) is 0 Å². The molecule has 1 N–H and O–H groups in total. The van der Waals surface area contributed by atoms with Gasteiger partial charge in [-0.25, -0.2) is 9.78 Å². The fourth-order valence-corrected chi connectivity index (χ4v) is 3.16. The quantitative estimate of drug-likeness (QED) is 0.905. The first-order valence-corrected chi connectivity index (χ1v) is 8.13. The van der Waals surface area contributed by atoms with Gasteiger partial charge in [0.25, 0.3) is 0 Å². The van der Waals surface area contributed by atoms with Crippen LogP contribution >= 0.6 is 11.3 Å². The number of nitrogens with zero attached hydrogens (tertiary/aromatic N) is 2. The van der Waals surface area contributed by atoms with E-state index in [0.717, 1.165) is 49.7 Å². The molecule has 1 atom stereocenters. The molecule has 0 radical (unpaired) electrons. The first-order valence-electron chi connectivity index (χ1n) is 7.25. The van der Waals surface area contributed by atoms with Crippen LogP contribution in [0.25, 0.3) is 0 Å². The summed E-state index contributed by atoms with van der Waals surface area (Å²) in [6, 6.07) is 0.484. The molecule has 1 aliphatic carbocycles. The monoisotopic (exact) mass is 295 g/mol. The van der Waals surface area contributed by atoms with Crippen molar-refractivity contribution in [3.63, 3.8) is 0 Å². The van der Waals surface area contributed by atoms with Crippen LogP contribution < -0.4 is 5.32 Å². The Morgan fingerprint density at radius 1 is 1.55 bits per heavy atom. The van der Waals surface area contributed by atoms with Crippen molar-refractivity contribution in [2.24, 2.45) is 5.92 Å². The van der Waals surface area contributed by atoms with Crippen LogP contribution in [0.1, 0.15) is 30.0 Å². The molecule has 1 aromatic rings. The number of hydrogen-bond acceptors (Lipinski definition) is 4. The maximum absolute atomic E-state index is 12.3. The zero-order valence-corrected chi connectivity index (χ0v) is 12.6. The minimum atomic E-state index is 0.0463. The van der Waals surface area contributed by atoms with Gasteiger partial charge < -0.3 is 15.0 Å².